The molecule has 0 saturated heterocycles. The minimum atomic E-state index is -0.341. The summed E-state index contributed by atoms with van der Waals surface area (Å²) in [6.45, 7) is 4.01. The Bertz CT molecular complexity index is 964. The van der Waals surface area contributed by atoms with Gasteiger partial charge in [-0.05, 0) is 55.3 Å². The molecule has 0 aliphatic heterocycles. The van der Waals surface area contributed by atoms with Gasteiger partial charge in [-0.3, -0.25) is 9.59 Å². The van der Waals surface area contributed by atoms with Crippen molar-refractivity contribution >= 4 is 17.5 Å². The second-order valence-electron chi connectivity index (χ2n) is 6.41. The predicted octanol–water partition coefficient (Wildman–Crippen LogP) is 3.84. The topological polar surface area (TPSA) is 80.6 Å². The number of carbonyl (C=O) groups is 2. The van der Waals surface area contributed by atoms with Gasteiger partial charge in [0.2, 0.25) is 0 Å². The summed E-state index contributed by atoms with van der Waals surface area (Å²) in [7, 11) is 0. The molecule has 0 atom stereocenters. The first-order chi connectivity index (χ1) is 13.5. The zero-order chi connectivity index (χ0) is 19.9. The molecular weight excluding hydrogens is 356 g/mol. The third kappa shape index (κ3) is 5.01. The lowest BCUT2D eigenvalue weighted by atomic mass is 10.1. The zero-order valence-corrected chi connectivity index (χ0v) is 15.8. The van der Waals surface area contributed by atoms with Gasteiger partial charge < -0.3 is 19.8 Å². The highest BCUT2D eigenvalue weighted by Gasteiger charge is 2.14. The highest BCUT2D eigenvalue weighted by molar-refractivity contribution is 6.04. The van der Waals surface area contributed by atoms with E-state index in [1.807, 2.05) is 32.0 Å². The van der Waals surface area contributed by atoms with Crippen molar-refractivity contribution in [3.8, 4) is 5.75 Å². The van der Waals surface area contributed by atoms with E-state index >= 15 is 0 Å². The largest absolute Gasteiger partial charge is 0.483 e. The number of aryl methyl sites for hydroxylation is 2. The summed E-state index contributed by atoms with van der Waals surface area (Å²) in [5, 5.41) is 5.51. The lowest BCUT2D eigenvalue weighted by Crippen LogP contribution is -2.26. The standard InChI is InChI=1S/C22H22N2O4/c1-15-9-10-16(2)20(12-15)28-14-21(25)24-19-8-4-3-7-18(19)22(26)23-13-17-6-5-11-27-17/h3-12H,13-14H2,1-2H3,(H,23,26)(H,24,25). The number of ether oxygens (including phenoxy) is 1. The van der Waals surface area contributed by atoms with E-state index in [4.69, 9.17) is 9.15 Å². The van der Waals surface area contributed by atoms with Crippen LogP contribution in [-0.4, -0.2) is 18.4 Å². The second-order valence-corrected chi connectivity index (χ2v) is 6.41. The molecule has 6 heteroatoms. The molecule has 3 rings (SSSR count). The van der Waals surface area contributed by atoms with Crippen molar-refractivity contribution in [2.75, 3.05) is 11.9 Å². The maximum absolute atomic E-state index is 12.5. The van der Waals surface area contributed by atoms with Crippen LogP contribution in [0, 0.1) is 13.8 Å². The Hall–Kier alpha value is -3.54. The van der Waals surface area contributed by atoms with Crippen LogP contribution >= 0.6 is 0 Å². The molecule has 0 spiro atoms. The van der Waals surface area contributed by atoms with Crippen LogP contribution < -0.4 is 15.4 Å². The molecule has 0 fully saturated rings. The van der Waals surface area contributed by atoms with Crippen LogP contribution in [0.25, 0.3) is 0 Å². The summed E-state index contributed by atoms with van der Waals surface area (Å²) in [5.74, 6) is 0.673. The molecule has 0 radical (unpaired) electrons. The summed E-state index contributed by atoms with van der Waals surface area (Å²) >= 11 is 0. The monoisotopic (exact) mass is 378 g/mol. The van der Waals surface area contributed by atoms with E-state index in [1.54, 1.807) is 42.7 Å². The summed E-state index contributed by atoms with van der Waals surface area (Å²) in [6.07, 6.45) is 1.55. The molecule has 0 saturated carbocycles. The Kier molecular flexibility index (Phi) is 6.11. The first-order valence-electron chi connectivity index (χ1n) is 8.92. The van der Waals surface area contributed by atoms with Gasteiger partial charge in [-0.25, -0.2) is 0 Å². The fourth-order valence-electron chi connectivity index (χ4n) is 2.66. The van der Waals surface area contributed by atoms with Crippen molar-refractivity contribution in [2.45, 2.75) is 20.4 Å². The molecule has 2 amide bonds. The quantitative estimate of drug-likeness (QED) is 0.654. The van der Waals surface area contributed by atoms with Crippen LogP contribution in [0.3, 0.4) is 0 Å². The van der Waals surface area contributed by atoms with Crippen molar-refractivity contribution in [2.24, 2.45) is 0 Å². The van der Waals surface area contributed by atoms with Gasteiger partial charge in [-0.2, -0.15) is 0 Å². The first-order valence-corrected chi connectivity index (χ1v) is 8.92. The highest BCUT2D eigenvalue weighted by Crippen LogP contribution is 2.19. The van der Waals surface area contributed by atoms with Crippen molar-refractivity contribution < 1.29 is 18.7 Å². The molecular formula is C22H22N2O4. The molecule has 28 heavy (non-hydrogen) atoms. The number of benzene rings is 2. The molecule has 3 aromatic rings. The molecule has 0 unspecified atom stereocenters. The number of hydrogen-bond acceptors (Lipinski definition) is 4. The summed E-state index contributed by atoms with van der Waals surface area (Å²) < 4.78 is 10.8. The fourth-order valence-corrected chi connectivity index (χ4v) is 2.66. The number of nitrogens with one attached hydrogen (secondary N) is 2. The Balaban J connectivity index is 1.61. The average Bonchev–Trinajstić information content (AvgIpc) is 3.21. The van der Waals surface area contributed by atoms with E-state index in [2.05, 4.69) is 10.6 Å². The summed E-state index contributed by atoms with van der Waals surface area (Å²) in [6, 6.07) is 16.2. The molecule has 2 N–H and O–H groups in total. The fraction of sp³-hybridized carbons (Fsp3) is 0.182. The smallest absolute Gasteiger partial charge is 0.262 e. The minimum absolute atomic E-state index is 0.146. The van der Waals surface area contributed by atoms with Crippen LogP contribution in [-0.2, 0) is 11.3 Å². The van der Waals surface area contributed by atoms with Gasteiger partial charge in [0.25, 0.3) is 11.8 Å². The summed E-state index contributed by atoms with van der Waals surface area (Å²) in [4.78, 5) is 24.8. The van der Waals surface area contributed by atoms with E-state index in [9.17, 15) is 9.59 Å². The molecule has 1 aromatic heterocycles. The van der Waals surface area contributed by atoms with E-state index in [0.717, 1.165) is 11.1 Å². The van der Waals surface area contributed by atoms with E-state index in [-0.39, 0.29) is 25.0 Å². The number of hydrogen-bond donors (Lipinski definition) is 2. The predicted molar refractivity (Wildman–Crippen MR) is 106 cm³/mol. The van der Waals surface area contributed by atoms with Crippen LogP contribution in [0.2, 0.25) is 0 Å². The Morgan fingerprint density at radius 2 is 1.86 bits per heavy atom. The van der Waals surface area contributed by atoms with E-state index in [1.165, 1.54) is 0 Å². The molecule has 6 nitrogen and oxygen atoms in total. The SMILES string of the molecule is Cc1ccc(C)c(OCC(=O)Nc2ccccc2C(=O)NCc2ccco2)c1. The highest BCUT2D eigenvalue weighted by atomic mass is 16.5. The number of para-hydroxylation sites is 1. The van der Waals surface area contributed by atoms with Crippen molar-refractivity contribution in [1.29, 1.82) is 0 Å². The van der Waals surface area contributed by atoms with Crippen LogP contribution in [0.4, 0.5) is 5.69 Å². The van der Waals surface area contributed by atoms with Crippen LogP contribution in [0.5, 0.6) is 5.75 Å². The molecule has 0 bridgehead atoms. The van der Waals surface area contributed by atoms with E-state index in [0.29, 0.717) is 22.8 Å². The average molecular weight is 378 g/mol. The zero-order valence-electron chi connectivity index (χ0n) is 15.8. The van der Waals surface area contributed by atoms with Gasteiger partial charge in [-0.1, -0.05) is 24.3 Å². The lowest BCUT2D eigenvalue weighted by Gasteiger charge is -2.13. The first kappa shape index (κ1) is 19.2. The Labute approximate surface area is 163 Å². The number of rotatable bonds is 7. The van der Waals surface area contributed by atoms with Gasteiger partial charge in [-0.15, -0.1) is 0 Å². The molecule has 0 aliphatic rings. The third-order valence-electron chi connectivity index (χ3n) is 4.15. The maximum Gasteiger partial charge on any atom is 0.262 e. The Morgan fingerprint density at radius 3 is 2.64 bits per heavy atom. The van der Waals surface area contributed by atoms with Gasteiger partial charge in [0.1, 0.15) is 11.5 Å². The van der Waals surface area contributed by atoms with Gasteiger partial charge >= 0.3 is 0 Å². The molecule has 1 heterocycles. The third-order valence-corrected chi connectivity index (χ3v) is 4.15. The van der Waals surface area contributed by atoms with Crippen molar-refractivity contribution in [3.05, 3.63) is 83.3 Å². The summed E-state index contributed by atoms with van der Waals surface area (Å²) in [5.41, 5.74) is 2.80. The normalized spacial score (nSPS) is 10.4. The second kappa shape index (κ2) is 8.90. The number of carbonyl (C=O) groups excluding carboxylic acids is 2. The number of anilines is 1. The lowest BCUT2D eigenvalue weighted by molar-refractivity contribution is -0.118. The molecule has 144 valence electrons. The van der Waals surface area contributed by atoms with E-state index < -0.39 is 0 Å². The minimum Gasteiger partial charge on any atom is -0.483 e. The van der Waals surface area contributed by atoms with Crippen LogP contribution in [0.15, 0.2) is 65.3 Å². The Morgan fingerprint density at radius 1 is 1.04 bits per heavy atom. The number of furan rings is 1. The van der Waals surface area contributed by atoms with Crippen molar-refractivity contribution in [3.63, 3.8) is 0 Å². The molecule has 2 aromatic carbocycles. The van der Waals surface area contributed by atoms with Crippen LogP contribution in [0.1, 0.15) is 27.2 Å². The van der Waals surface area contributed by atoms with Crippen molar-refractivity contribution in [1.82, 2.24) is 5.32 Å². The molecule has 0 aliphatic carbocycles. The number of amides is 2. The van der Waals surface area contributed by atoms with Gasteiger partial charge in [0.05, 0.1) is 24.1 Å². The van der Waals surface area contributed by atoms with Gasteiger partial charge in [0, 0.05) is 0 Å². The van der Waals surface area contributed by atoms with Gasteiger partial charge in [0.15, 0.2) is 6.61 Å². The maximum atomic E-state index is 12.5.